The zero-order valence-corrected chi connectivity index (χ0v) is 20.7. The quantitative estimate of drug-likeness (QED) is 0.342. The van der Waals surface area contributed by atoms with E-state index in [4.69, 9.17) is 4.74 Å². The summed E-state index contributed by atoms with van der Waals surface area (Å²) >= 11 is 0. The molecule has 8 heteroatoms. The number of hydrogen-bond acceptors (Lipinski definition) is 6. The number of benzene rings is 2. The molecule has 7 nitrogen and oxygen atoms in total. The number of imidazole rings is 1. The van der Waals surface area contributed by atoms with Crippen molar-refractivity contribution >= 4 is 28.5 Å². The number of hydrogen-bond donors (Lipinski definition) is 2. The highest BCUT2D eigenvalue weighted by Gasteiger charge is 2.22. The third kappa shape index (κ3) is 5.09. The summed E-state index contributed by atoms with van der Waals surface area (Å²) in [6.45, 7) is 5.78. The minimum absolute atomic E-state index is 0.0621. The molecule has 1 unspecified atom stereocenters. The van der Waals surface area contributed by atoms with E-state index in [1.807, 2.05) is 35.9 Å². The first-order valence-electron chi connectivity index (χ1n) is 12.3. The van der Waals surface area contributed by atoms with Crippen molar-refractivity contribution < 1.29 is 13.9 Å². The number of nitrogens with zero attached hydrogens (tertiary/aromatic N) is 3. The van der Waals surface area contributed by atoms with Crippen LogP contribution < -0.4 is 15.4 Å². The molecular weight excluding hydrogens is 457 g/mol. The molecular formula is C28H30FN5O2. The van der Waals surface area contributed by atoms with Crippen molar-refractivity contribution in [1.82, 2.24) is 19.9 Å². The summed E-state index contributed by atoms with van der Waals surface area (Å²) < 4.78 is 22.4. The Balaban J connectivity index is 1.34. The zero-order chi connectivity index (χ0) is 25.2. The minimum Gasteiger partial charge on any atom is -0.457 e. The second-order valence-electron chi connectivity index (χ2n) is 9.58. The Hall–Kier alpha value is -3.78. The van der Waals surface area contributed by atoms with Crippen molar-refractivity contribution in [3.8, 4) is 11.5 Å². The predicted molar refractivity (Wildman–Crippen MR) is 138 cm³/mol. The molecule has 36 heavy (non-hydrogen) atoms. The number of fused-ring (bicyclic) bond motifs is 1. The van der Waals surface area contributed by atoms with Crippen LogP contribution in [0.4, 0.5) is 16.0 Å². The topological polar surface area (TPSA) is 81.1 Å². The molecule has 5 rings (SSSR count). The van der Waals surface area contributed by atoms with Gasteiger partial charge in [0, 0.05) is 44.3 Å². The summed E-state index contributed by atoms with van der Waals surface area (Å²) in [4.78, 5) is 21.5. The predicted octanol–water partition coefficient (Wildman–Crippen LogP) is 5.49. The van der Waals surface area contributed by atoms with Gasteiger partial charge in [-0.2, -0.15) is 0 Å². The van der Waals surface area contributed by atoms with E-state index in [-0.39, 0.29) is 23.4 Å². The fraction of sp³-hybridized carbons (Fsp3) is 0.321. The van der Waals surface area contributed by atoms with Crippen LogP contribution in [0, 0.1) is 11.7 Å². The second-order valence-corrected chi connectivity index (χ2v) is 9.58. The molecule has 0 aliphatic carbocycles. The third-order valence-electron chi connectivity index (χ3n) is 6.65. The summed E-state index contributed by atoms with van der Waals surface area (Å²) in [6.07, 6.45) is 2.84. The smallest absolute Gasteiger partial charge is 0.208 e. The summed E-state index contributed by atoms with van der Waals surface area (Å²) in [5, 5.41) is 6.36. The summed E-state index contributed by atoms with van der Waals surface area (Å²) in [7, 11) is 1.88. The van der Waals surface area contributed by atoms with Crippen LogP contribution in [-0.4, -0.2) is 33.4 Å². The van der Waals surface area contributed by atoms with Gasteiger partial charge in [0.05, 0.1) is 22.4 Å². The van der Waals surface area contributed by atoms with Crippen LogP contribution in [0.2, 0.25) is 0 Å². The van der Waals surface area contributed by atoms with E-state index in [2.05, 4.69) is 34.4 Å². The first kappa shape index (κ1) is 23.9. The number of Topliss-reactive ketones (excluding diaryl/α,β-unsaturated/α-hetero) is 1. The number of rotatable bonds is 8. The van der Waals surface area contributed by atoms with Crippen LogP contribution in [0.25, 0.3) is 11.0 Å². The number of aromatic nitrogens is 3. The number of aryl methyl sites for hydroxylation is 1. The average Bonchev–Trinajstić information content (AvgIpc) is 3.49. The van der Waals surface area contributed by atoms with Crippen LogP contribution in [0.5, 0.6) is 11.5 Å². The Morgan fingerprint density at radius 3 is 2.81 bits per heavy atom. The van der Waals surface area contributed by atoms with E-state index in [1.165, 1.54) is 6.07 Å². The molecule has 1 aliphatic rings. The number of carbonyl (C=O) groups excluding carboxylic acids is 1. The molecule has 2 aromatic carbocycles. The minimum atomic E-state index is -0.327. The fourth-order valence-electron chi connectivity index (χ4n) is 4.48. The second kappa shape index (κ2) is 10.1. The van der Waals surface area contributed by atoms with Crippen LogP contribution >= 0.6 is 0 Å². The first-order valence-corrected chi connectivity index (χ1v) is 12.3. The molecule has 0 amide bonds. The largest absolute Gasteiger partial charge is 0.457 e. The van der Waals surface area contributed by atoms with Gasteiger partial charge in [0.15, 0.2) is 0 Å². The van der Waals surface area contributed by atoms with E-state index >= 15 is 0 Å². The van der Waals surface area contributed by atoms with Crippen LogP contribution in [0.15, 0.2) is 54.7 Å². The highest BCUT2D eigenvalue weighted by Crippen LogP contribution is 2.30. The Morgan fingerprint density at radius 2 is 2.03 bits per heavy atom. The van der Waals surface area contributed by atoms with Crippen molar-refractivity contribution in [2.75, 3.05) is 18.4 Å². The van der Waals surface area contributed by atoms with Crippen LogP contribution in [-0.2, 0) is 18.3 Å². The molecule has 2 N–H and O–H groups in total. The van der Waals surface area contributed by atoms with Gasteiger partial charge in [-0.05, 0) is 54.8 Å². The van der Waals surface area contributed by atoms with Gasteiger partial charge in [-0.15, -0.1) is 0 Å². The lowest BCUT2D eigenvalue weighted by atomic mass is 9.99. The zero-order valence-electron chi connectivity index (χ0n) is 20.7. The number of nitrogens with one attached hydrogen (secondary N) is 2. The number of carbonyl (C=O) groups is 1. The molecule has 1 saturated heterocycles. The Kier molecular flexibility index (Phi) is 6.69. The fourth-order valence-corrected chi connectivity index (χ4v) is 4.48. The Bertz CT molecular complexity index is 1410. The lowest BCUT2D eigenvalue weighted by molar-refractivity contribution is -0.121. The molecule has 1 aliphatic heterocycles. The number of halogens is 1. The number of anilines is 2. The van der Waals surface area contributed by atoms with E-state index in [0.717, 1.165) is 36.1 Å². The molecule has 0 saturated carbocycles. The maximum atomic E-state index is 14.5. The van der Waals surface area contributed by atoms with E-state index < -0.39 is 0 Å². The van der Waals surface area contributed by atoms with Gasteiger partial charge in [-0.25, -0.2) is 9.37 Å². The summed E-state index contributed by atoms with van der Waals surface area (Å²) in [5.74, 6) is 1.99. The van der Waals surface area contributed by atoms with Gasteiger partial charge >= 0.3 is 0 Å². The van der Waals surface area contributed by atoms with Gasteiger partial charge in [0.2, 0.25) is 5.95 Å². The van der Waals surface area contributed by atoms with Crippen molar-refractivity contribution in [2.45, 2.75) is 32.6 Å². The van der Waals surface area contributed by atoms with Crippen LogP contribution in [0.1, 0.15) is 37.4 Å². The molecule has 0 bridgehead atoms. The average molecular weight is 488 g/mol. The van der Waals surface area contributed by atoms with E-state index in [9.17, 15) is 9.18 Å². The van der Waals surface area contributed by atoms with Crippen molar-refractivity contribution in [3.63, 3.8) is 0 Å². The van der Waals surface area contributed by atoms with Gasteiger partial charge < -0.3 is 19.9 Å². The van der Waals surface area contributed by atoms with Gasteiger partial charge in [-0.3, -0.25) is 9.78 Å². The van der Waals surface area contributed by atoms with Crippen LogP contribution in [0.3, 0.4) is 0 Å². The monoisotopic (exact) mass is 487 g/mol. The number of ether oxygens (including phenoxy) is 1. The third-order valence-corrected chi connectivity index (χ3v) is 6.65. The molecule has 186 valence electrons. The van der Waals surface area contributed by atoms with Gasteiger partial charge in [-0.1, -0.05) is 19.9 Å². The standard InChI is InChI=1S/C28H30FN5O2/c1-17(2)18-4-6-23(29)24(12-18)32-28-33-25-15-21(5-7-26(25)34(28)3)36-22-9-11-31-20(13-22)14-27(35)19-8-10-30-16-19/h4-7,9,11-13,15,17,19,30H,8,10,14,16H2,1-3H3,(H,32,33). The van der Waals surface area contributed by atoms with E-state index in [0.29, 0.717) is 35.2 Å². The lowest BCUT2D eigenvalue weighted by Gasteiger charge is -2.11. The van der Waals surface area contributed by atoms with Gasteiger partial charge in [0.1, 0.15) is 23.1 Å². The maximum Gasteiger partial charge on any atom is 0.208 e. The molecule has 2 aromatic heterocycles. The molecule has 0 spiro atoms. The van der Waals surface area contributed by atoms with Crippen molar-refractivity contribution in [3.05, 3.63) is 71.8 Å². The normalized spacial score (nSPS) is 15.5. The maximum absolute atomic E-state index is 14.5. The van der Waals surface area contributed by atoms with E-state index in [1.54, 1.807) is 24.4 Å². The number of pyridine rings is 1. The molecule has 1 atom stereocenters. The van der Waals surface area contributed by atoms with Crippen molar-refractivity contribution in [2.24, 2.45) is 13.0 Å². The molecule has 4 aromatic rings. The highest BCUT2D eigenvalue weighted by atomic mass is 19.1. The van der Waals surface area contributed by atoms with Gasteiger partial charge in [0.25, 0.3) is 0 Å². The summed E-state index contributed by atoms with van der Waals surface area (Å²) in [5.41, 5.74) is 3.74. The lowest BCUT2D eigenvalue weighted by Crippen LogP contribution is -2.19. The number of ketones is 1. The molecule has 3 heterocycles. The molecule has 0 radical (unpaired) electrons. The first-order chi connectivity index (χ1) is 17.4. The molecule has 1 fully saturated rings. The van der Waals surface area contributed by atoms with Crippen molar-refractivity contribution in [1.29, 1.82) is 0 Å². The Labute approximate surface area is 209 Å². The SMILES string of the molecule is CC(C)c1ccc(F)c(Nc2nc3cc(Oc4ccnc(CC(=O)C5CCNC5)c4)ccc3n2C)c1. The highest BCUT2D eigenvalue weighted by molar-refractivity contribution is 5.83. The summed E-state index contributed by atoms with van der Waals surface area (Å²) in [6, 6.07) is 14.3. The Morgan fingerprint density at radius 1 is 1.19 bits per heavy atom.